The van der Waals surface area contributed by atoms with Crippen molar-refractivity contribution in [1.82, 2.24) is 15.2 Å². The van der Waals surface area contributed by atoms with Crippen molar-refractivity contribution in [2.24, 2.45) is 4.99 Å². The topological polar surface area (TPSA) is 95.9 Å². The van der Waals surface area contributed by atoms with Crippen LogP contribution in [0.15, 0.2) is 59.7 Å². The van der Waals surface area contributed by atoms with E-state index in [2.05, 4.69) is 21.7 Å². The van der Waals surface area contributed by atoms with Gasteiger partial charge in [0.25, 0.3) is 5.91 Å². The summed E-state index contributed by atoms with van der Waals surface area (Å²) in [6, 6.07) is 15.1. The molecule has 2 aliphatic rings. The van der Waals surface area contributed by atoms with Gasteiger partial charge in [-0.2, -0.15) is 0 Å². The van der Waals surface area contributed by atoms with Crippen molar-refractivity contribution in [2.75, 3.05) is 33.1 Å². The molecule has 3 heterocycles. The molecule has 8 heteroatoms. The minimum Gasteiger partial charge on any atom is -0.496 e. The van der Waals surface area contributed by atoms with Gasteiger partial charge in [-0.1, -0.05) is 18.2 Å². The fraction of sp³-hybridized carbons (Fsp3) is 0.259. The van der Waals surface area contributed by atoms with E-state index in [0.29, 0.717) is 17.8 Å². The predicted octanol–water partition coefficient (Wildman–Crippen LogP) is 3.11. The van der Waals surface area contributed by atoms with Crippen LogP contribution in [-0.4, -0.2) is 61.2 Å². The van der Waals surface area contributed by atoms with Gasteiger partial charge < -0.3 is 20.3 Å². The standard InChI is InChI=1S/C27H27N5O3/c1-32(2)27(34)20-12-16(8-9-21(20)31-26(33)22-10-11-28-22)17-13-19-23(29-14-17)15-30-25(19)18-6-4-5-7-24(18)35-3/h4-9,12-14,22,28H,10-11,15H2,1-3H3,(H,31,33)/t22-/m0/s1. The quantitative estimate of drug-likeness (QED) is 0.578. The number of hydrogen-bond donors (Lipinski definition) is 2. The summed E-state index contributed by atoms with van der Waals surface area (Å²) in [5, 5.41) is 6.00. The molecule has 0 aliphatic carbocycles. The van der Waals surface area contributed by atoms with Crippen LogP contribution in [0.5, 0.6) is 5.75 Å². The Labute approximate surface area is 204 Å². The molecular weight excluding hydrogens is 442 g/mol. The monoisotopic (exact) mass is 469 g/mol. The highest BCUT2D eigenvalue weighted by molar-refractivity contribution is 6.16. The number of aliphatic imine (C=N–C) groups is 1. The van der Waals surface area contributed by atoms with E-state index in [1.165, 1.54) is 4.90 Å². The van der Waals surface area contributed by atoms with Gasteiger partial charge in [0.2, 0.25) is 5.91 Å². The van der Waals surface area contributed by atoms with E-state index < -0.39 is 0 Å². The molecule has 2 aliphatic heterocycles. The number of rotatable bonds is 6. The van der Waals surface area contributed by atoms with E-state index in [0.717, 1.165) is 52.4 Å². The summed E-state index contributed by atoms with van der Waals surface area (Å²) in [5.74, 6) is 0.437. The Balaban J connectivity index is 1.52. The average Bonchev–Trinajstić information content (AvgIpc) is 3.25. The first-order valence-corrected chi connectivity index (χ1v) is 11.5. The number of carbonyl (C=O) groups is 2. The van der Waals surface area contributed by atoms with E-state index >= 15 is 0 Å². The summed E-state index contributed by atoms with van der Waals surface area (Å²) < 4.78 is 5.54. The zero-order valence-electron chi connectivity index (χ0n) is 20.0. The van der Waals surface area contributed by atoms with Gasteiger partial charge in [-0.15, -0.1) is 0 Å². The molecule has 0 spiro atoms. The largest absolute Gasteiger partial charge is 0.496 e. The van der Waals surface area contributed by atoms with E-state index in [1.54, 1.807) is 33.5 Å². The molecule has 2 N–H and O–H groups in total. The first kappa shape index (κ1) is 22.7. The lowest BCUT2D eigenvalue weighted by Crippen LogP contribution is -2.51. The van der Waals surface area contributed by atoms with Crippen LogP contribution >= 0.6 is 0 Å². The Kier molecular flexibility index (Phi) is 6.05. The minimum absolute atomic E-state index is 0.131. The van der Waals surface area contributed by atoms with Gasteiger partial charge in [0.15, 0.2) is 0 Å². The molecule has 0 bridgehead atoms. The van der Waals surface area contributed by atoms with E-state index in [4.69, 9.17) is 9.73 Å². The molecule has 178 valence electrons. The predicted molar refractivity (Wildman–Crippen MR) is 135 cm³/mol. The highest BCUT2D eigenvalue weighted by Crippen LogP contribution is 2.32. The minimum atomic E-state index is -0.217. The SMILES string of the molecule is COc1ccccc1C1=NCc2ncc(-c3ccc(NC(=O)[C@@H]4CCN4)c(C(=O)N(C)C)c3)cc21. The molecule has 0 radical (unpaired) electrons. The summed E-state index contributed by atoms with van der Waals surface area (Å²) in [6.45, 7) is 1.33. The summed E-state index contributed by atoms with van der Waals surface area (Å²) in [6.07, 6.45) is 2.59. The number of fused-ring (bicyclic) bond motifs is 1. The van der Waals surface area contributed by atoms with Crippen LogP contribution in [0.3, 0.4) is 0 Å². The molecule has 1 saturated heterocycles. The van der Waals surface area contributed by atoms with Crippen LogP contribution in [0.4, 0.5) is 5.69 Å². The second-order valence-electron chi connectivity index (χ2n) is 8.83. The Bertz CT molecular complexity index is 1340. The molecule has 1 aromatic heterocycles. The van der Waals surface area contributed by atoms with Crippen LogP contribution in [0.1, 0.15) is 33.6 Å². The number of benzene rings is 2. The normalized spacial score (nSPS) is 16.1. The highest BCUT2D eigenvalue weighted by Gasteiger charge is 2.26. The second kappa shape index (κ2) is 9.31. The van der Waals surface area contributed by atoms with Gasteiger partial charge in [-0.3, -0.25) is 19.6 Å². The van der Waals surface area contributed by atoms with E-state index in [9.17, 15) is 9.59 Å². The Morgan fingerprint density at radius 3 is 2.60 bits per heavy atom. The molecule has 35 heavy (non-hydrogen) atoms. The first-order chi connectivity index (χ1) is 17.0. The van der Waals surface area contributed by atoms with Crippen molar-refractivity contribution in [2.45, 2.75) is 19.0 Å². The van der Waals surface area contributed by atoms with Crippen molar-refractivity contribution in [3.63, 3.8) is 0 Å². The Morgan fingerprint density at radius 1 is 1.09 bits per heavy atom. The number of methoxy groups -OCH3 is 1. The third kappa shape index (κ3) is 4.28. The van der Waals surface area contributed by atoms with Gasteiger partial charge in [0.05, 0.1) is 42.4 Å². The van der Waals surface area contributed by atoms with Gasteiger partial charge in [0, 0.05) is 37.0 Å². The molecule has 8 nitrogen and oxygen atoms in total. The maximum atomic E-state index is 13.0. The maximum Gasteiger partial charge on any atom is 0.255 e. The van der Waals surface area contributed by atoms with Crippen molar-refractivity contribution in [1.29, 1.82) is 0 Å². The number of hydrogen-bond acceptors (Lipinski definition) is 6. The average molecular weight is 470 g/mol. The fourth-order valence-corrected chi connectivity index (χ4v) is 4.27. The lowest BCUT2D eigenvalue weighted by molar-refractivity contribution is -0.119. The van der Waals surface area contributed by atoms with Crippen LogP contribution in [-0.2, 0) is 11.3 Å². The van der Waals surface area contributed by atoms with Crippen molar-refractivity contribution in [3.05, 3.63) is 77.1 Å². The Hall–Kier alpha value is -4.04. The van der Waals surface area contributed by atoms with Crippen LogP contribution in [0.2, 0.25) is 0 Å². The number of ether oxygens (including phenoxy) is 1. The lowest BCUT2D eigenvalue weighted by Gasteiger charge is -2.27. The number of pyridine rings is 1. The molecule has 3 aromatic rings. The van der Waals surface area contributed by atoms with Crippen molar-refractivity contribution >= 4 is 23.2 Å². The molecule has 2 aromatic carbocycles. The summed E-state index contributed by atoms with van der Waals surface area (Å²) in [4.78, 5) is 36.4. The highest BCUT2D eigenvalue weighted by atomic mass is 16.5. The van der Waals surface area contributed by atoms with Gasteiger partial charge in [0.1, 0.15) is 5.75 Å². The zero-order chi connectivity index (χ0) is 24.5. The molecule has 2 amide bonds. The molecule has 0 unspecified atom stereocenters. The van der Waals surface area contributed by atoms with Crippen LogP contribution in [0.25, 0.3) is 11.1 Å². The summed E-state index contributed by atoms with van der Waals surface area (Å²) >= 11 is 0. The fourth-order valence-electron chi connectivity index (χ4n) is 4.27. The molecule has 1 fully saturated rings. The van der Waals surface area contributed by atoms with E-state index in [-0.39, 0.29) is 17.9 Å². The molecular formula is C27H27N5O3. The van der Waals surface area contributed by atoms with Crippen LogP contribution < -0.4 is 15.4 Å². The number of carbonyl (C=O) groups excluding carboxylic acids is 2. The van der Waals surface area contributed by atoms with Crippen molar-refractivity contribution < 1.29 is 14.3 Å². The van der Waals surface area contributed by atoms with Crippen LogP contribution in [0, 0.1) is 0 Å². The second-order valence-corrected chi connectivity index (χ2v) is 8.83. The zero-order valence-corrected chi connectivity index (χ0v) is 20.0. The molecule has 0 saturated carbocycles. The Morgan fingerprint density at radius 2 is 1.89 bits per heavy atom. The van der Waals surface area contributed by atoms with E-state index in [1.807, 2.05) is 36.4 Å². The maximum absolute atomic E-state index is 13.0. The number of nitrogens with zero attached hydrogens (tertiary/aromatic N) is 3. The number of nitrogens with one attached hydrogen (secondary N) is 2. The smallest absolute Gasteiger partial charge is 0.255 e. The summed E-state index contributed by atoms with van der Waals surface area (Å²) in [5.41, 5.74) is 6.22. The van der Waals surface area contributed by atoms with Gasteiger partial charge in [-0.25, -0.2) is 0 Å². The van der Waals surface area contributed by atoms with Crippen molar-refractivity contribution in [3.8, 4) is 16.9 Å². The number of amides is 2. The number of aromatic nitrogens is 1. The third-order valence-corrected chi connectivity index (χ3v) is 6.36. The van der Waals surface area contributed by atoms with Gasteiger partial charge >= 0.3 is 0 Å². The first-order valence-electron chi connectivity index (χ1n) is 11.5. The number of anilines is 1. The third-order valence-electron chi connectivity index (χ3n) is 6.36. The molecule has 5 rings (SSSR count). The lowest BCUT2D eigenvalue weighted by atomic mass is 9.97. The molecule has 1 atom stereocenters. The van der Waals surface area contributed by atoms with Gasteiger partial charge in [-0.05, 0) is 48.9 Å². The summed E-state index contributed by atoms with van der Waals surface area (Å²) in [7, 11) is 5.04. The number of para-hydroxylation sites is 1.